The van der Waals surface area contributed by atoms with Crippen LogP contribution in [0.4, 0.5) is 11.5 Å². The molecule has 1 saturated carbocycles. The quantitative estimate of drug-likeness (QED) is 0.765. The van der Waals surface area contributed by atoms with Crippen LogP contribution in [0.1, 0.15) is 55.9 Å². The van der Waals surface area contributed by atoms with Crippen molar-refractivity contribution in [2.75, 3.05) is 11.9 Å². The van der Waals surface area contributed by atoms with E-state index in [1.54, 1.807) is 6.20 Å². The van der Waals surface area contributed by atoms with E-state index in [4.69, 9.17) is 4.74 Å². The van der Waals surface area contributed by atoms with E-state index in [1.165, 1.54) is 31.9 Å². The predicted molar refractivity (Wildman–Crippen MR) is 102 cm³/mol. The Bertz CT molecular complexity index is 693. The first kappa shape index (κ1) is 18.2. The summed E-state index contributed by atoms with van der Waals surface area (Å²) >= 11 is 0. The Labute approximate surface area is 154 Å². The first-order valence-corrected chi connectivity index (χ1v) is 9.37. The van der Waals surface area contributed by atoms with Crippen molar-refractivity contribution in [3.8, 4) is 5.75 Å². The molecule has 1 fully saturated rings. The van der Waals surface area contributed by atoms with Gasteiger partial charge >= 0.3 is 0 Å². The van der Waals surface area contributed by atoms with E-state index in [9.17, 15) is 4.79 Å². The van der Waals surface area contributed by atoms with Crippen molar-refractivity contribution in [2.45, 2.75) is 51.5 Å². The van der Waals surface area contributed by atoms with Crippen molar-refractivity contribution in [1.82, 2.24) is 15.3 Å². The molecule has 1 aliphatic rings. The summed E-state index contributed by atoms with van der Waals surface area (Å²) in [5.74, 6) is 1.28. The van der Waals surface area contributed by atoms with Crippen LogP contribution in [0.2, 0.25) is 0 Å². The zero-order valence-electron chi connectivity index (χ0n) is 15.2. The highest BCUT2D eigenvalue weighted by molar-refractivity contribution is 5.92. The summed E-state index contributed by atoms with van der Waals surface area (Å²) in [6, 6.07) is 7.88. The van der Waals surface area contributed by atoms with E-state index in [2.05, 4.69) is 20.6 Å². The number of aromatic nitrogens is 2. The van der Waals surface area contributed by atoms with Crippen LogP contribution in [0.5, 0.6) is 5.75 Å². The highest BCUT2D eigenvalue weighted by Gasteiger charge is 2.16. The Morgan fingerprint density at radius 3 is 2.42 bits per heavy atom. The molecule has 0 unspecified atom stereocenters. The van der Waals surface area contributed by atoms with Gasteiger partial charge in [-0.15, -0.1) is 0 Å². The number of carbonyl (C=O) groups excluding carboxylic acids is 1. The molecule has 0 saturated heterocycles. The van der Waals surface area contributed by atoms with Gasteiger partial charge < -0.3 is 15.4 Å². The molecule has 6 nitrogen and oxygen atoms in total. The Morgan fingerprint density at radius 2 is 1.81 bits per heavy atom. The Hall–Kier alpha value is -2.63. The van der Waals surface area contributed by atoms with Crippen molar-refractivity contribution >= 4 is 17.4 Å². The van der Waals surface area contributed by atoms with Gasteiger partial charge in [-0.2, -0.15) is 0 Å². The number of hydrogen-bond acceptors (Lipinski definition) is 5. The number of rotatable bonds is 6. The van der Waals surface area contributed by atoms with Crippen LogP contribution in [-0.2, 0) is 0 Å². The smallest absolute Gasteiger partial charge is 0.271 e. The molecule has 0 atom stereocenters. The van der Waals surface area contributed by atoms with Gasteiger partial charge in [0.2, 0.25) is 0 Å². The standard InChI is InChI=1S/C20H26N4O2/c1-2-26-17-11-9-16(10-12-17)23-19-14-21-18(13-22-19)20(25)24-15-7-5-3-4-6-8-15/h9-15H,2-8H2,1H3,(H,22,23)(H,24,25). The molecule has 0 radical (unpaired) electrons. The lowest BCUT2D eigenvalue weighted by Gasteiger charge is -2.15. The highest BCUT2D eigenvalue weighted by Crippen LogP contribution is 2.19. The molecule has 0 aliphatic heterocycles. The summed E-state index contributed by atoms with van der Waals surface area (Å²) in [5.41, 5.74) is 1.24. The van der Waals surface area contributed by atoms with Gasteiger partial charge in [0, 0.05) is 11.7 Å². The minimum Gasteiger partial charge on any atom is -0.494 e. The molecule has 1 aliphatic carbocycles. The Morgan fingerprint density at radius 1 is 1.08 bits per heavy atom. The zero-order chi connectivity index (χ0) is 18.2. The van der Waals surface area contributed by atoms with Gasteiger partial charge in [0.25, 0.3) is 5.91 Å². The van der Waals surface area contributed by atoms with E-state index >= 15 is 0 Å². The number of amides is 1. The van der Waals surface area contributed by atoms with Crippen LogP contribution in [0.25, 0.3) is 0 Å². The lowest BCUT2D eigenvalue weighted by Crippen LogP contribution is -2.34. The van der Waals surface area contributed by atoms with E-state index in [-0.39, 0.29) is 11.9 Å². The van der Waals surface area contributed by atoms with Gasteiger partial charge in [0.05, 0.1) is 19.0 Å². The zero-order valence-corrected chi connectivity index (χ0v) is 15.2. The maximum absolute atomic E-state index is 12.3. The second-order valence-corrected chi connectivity index (χ2v) is 6.53. The third-order valence-electron chi connectivity index (χ3n) is 4.51. The third-order valence-corrected chi connectivity index (χ3v) is 4.51. The molecule has 3 rings (SSSR count). The van der Waals surface area contributed by atoms with Crippen molar-refractivity contribution < 1.29 is 9.53 Å². The maximum Gasteiger partial charge on any atom is 0.271 e. The first-order chi connectivity index (χ1) is 12.7. The van der Waals surface area contributed by atoms with Crippen molar-refractivity contribution in [3.63, 3.8) is 0 Å². The van der Waals surface area contributed by atoms with Crippen LogP contribution in [-0.4, -0.2) is 28.5 Å². The van der Waals surface area contributed by atoms with Crippen LogP contribution in [0, 0.1) is 0 Å². The molecule has 2 N–H and O–H groups in total. The summed E-state index contributed by atoms with van der Waals surface area (Å²) in [6.07, 6.45) is 10.1. The second-order valence-electron chi connectivity index (χ2n) is 6.53. The fourth-order valence-electron chi connectivity index (χ4n) is 3.14. The van der Waals surface area contributed by atoms with Crippen molar-refractivity contribution in [1.29, 1.82) is 0 Å². The van der Waals surface area contributed by atoms with Crippen molar-refractivity contribution in [2.24, 2.45) is 0 Å². The number of nitrogens with one attached hydrogen (secondary N) is 2. The molecule has 0 bridgehead atoms. The Balaban J connectivity index is 1.56. The topological polar surface area (TPSA) is 76.1 Å². The average molecular weight is 354 g/mol. The van der Waals surface area contributed by atoms with Gasteiger partial charge in [-0.05, 0) is 44.0 Å². The van der Waals surface area contributed by atoms with Crippen LogP contribution < -0.4 is 15.4 Å². The predicted octanol–water partition coefficient (Wildman–Crippen LogP) is 4.07. The summed E-state index contributed by atoms with van der Waals surface area (Å²) in [5, 5.41) is 6.25. The van der Waals surface area contributed by atoms with Gasteiger partial charge in [0.15, 0.2) is 0 Å². The summed E-state index contributed by atoms with van der Waals surface area (Å²) in [4.78, 5) is 20.9. The molecule has 138 valence electrons. The van der Waals surface area contributed by atoms with Crippen molar-refractivity contribution in [3.05, 3.63) is 42.4 Å². The SMILES string of the molecule is CCOc1ccc(Nc2cnc(C(=O)NC3CCCCCC3)cn2)cc1. The molecule has 1 aromatic heterocycles. The van der Waals surface area contributed by atoms with Gasteiger partial charge in [-0.3, -0.25) is 4.79 Å². The lowest BCUT2D eigenvalue weighted by atomic mass is 10.1. The number of anilines is 2. The molecule has 6 heteroatoms. The van der Waals surface area contributed by atoms with Gasteiger partial charge in [-0.25, -0.2) is 9.97 Å². The second kappa shape index (κ2) is 9.17. The third kappa shape index (κ3) is 5.18. The van der Waals surface area contributed by atoms with Crippen LogP contribution in [0.3, 0.4) is 0 Å². The van der Waals surface area contributed by atoms with E-state index in [1.807, 2.05) is 31.2 Å². The van der Waals surface area contributed by atoms with E-state index in [0.717, 1.165) is 24.3 Å². The maximum atomic E-state index is 12.3. The molecular formula is C20H26N4O2. The number of nitrogens with zero attached hydrogens (tertiary/aromatic N) is 2. The number of hydrogen-bond donors (Lipinski definition) is 2. The van der Waals surface area contributed by atoms with Crippen LogP contribution >= 0.6 is 0 Å². The van der Waals surface area contributed by atoms with Gasteiger partial charge in [-0.1, -0.05) is 25.7 Å². The highest BCUT2D eigenvalue weighted by atomic mass is 16.5. The molecule has 26 heavy (non-hydrogen) atoms. The molecule has 2 aromatic rings. The molecule has 0 spiro atoms. The van der Waals surface area contributed by atoms with E-state index < -0.39 is 0 Å². The average Bonchev–Trinajstić information content (AvgIpc) is 2.93. The van der Waals surface area contributed by atoms with E-state index in [0.29, 0.717) is 18.1 Å². The minimum absolute atomic E-state index is 0.142. The largest absolute Gasteiger partial charge is 0.494 e. The Kier molecular flexibility index (Phi) is 6.41. The molecular weight excluding hydrogens is 328 g/mol. The number of ether oxygens (including phenoxy) is 1. The molecule has 1 heterocycles. The number of benzene rings is 1. The monoisotopic (exact) mass is 354 g/mol. The minimum atomic E-state index is -0.142. The summed E-state index contributed by atoms with van der Waals surface area (Å²) in [6.45, 7) is 2.60. The fourth-order valence-corrected chi connectivity index (χ4v) is 3.14. The fraction of sp³-hybridized carbons (Fsp3) is 0.450. The van der Waals surface area contributed by atoms with Gasteiger partial charge in [0.1, 0.15) is 17.3 Å². The molecule has 1 aromatic carbocycles. The molecule has 1 amide bonds. The summed E-state index contributed by atoms with van der Waals surface area (Å²) in [7, 11) is 0. The lowest BCUT2D eigenvalue weighted by molar-refractivity contribution is 0.0928. The number of carbonyl (C=O) groups is 1. The van der Waals surface area contributed by atoms with Crippen LogP contribution in [0.15, 0.2) is 36.7 Å². The first-order valence-electron chi connectivity index (χ1n) is 9.37. The summed E-state index contributed by atoms with van der Waals surface area (Å²) < 4.78 is 5.42. The normalized spacial score (nSPS) is 15.1.